The molecule has 0 aromatic rings. The third-order valence-corrected chi connectivity index (χ3v) is 13.0. The fourth-order valence-electron chi connectivity index (χ4n) is 8.64. The zero-order valence-corrected chi connectivity index (χ0v) is 46.9. The lowest BCUT2D eigenvalue weighted by Gasteiger charge is -2.29. The molecule has 0 aromatic carbocycles. The largest absolute Gasteiger partial charge is 0.481 e. The Morgan fingerprint density at radius 3 is 1.42 bits per heavy atom. The van der Waals surface area contributed by atoms with Crippen molar-refractivity contribution in [1.82, 2.24) is 37.2 Å². The van der Waals surface area contributed by atoms with E-state index in [0.717, 1.165) is 44.9 Å². The summed E-state index contributed by atoms with van der Waals surface area (Å²) >= 11 is 0. The number of ether oxygens (including phenoxy) is 2. The van der Waals surface area contributed by atoms with Gasteiger partial charge in [-0.15, -0.1) is 0 Å². The van der Waals surface area contributed by atoms with Gasteiger partial charge in [0.2, 0.25) is 41.4 Å². The molecule has 0 saturated carbocycles. The van der Waals surface area contributed by atoms with Crippen molar-refractivity contribution >= 4 is 59.3 Å². The Bertz CT molecular complexity index is 1820. The predicted octanol–water partition coefficient (Wildman–Crippen LogP) is 5.13. The van der Waals surface area contributed by atoms with E-state index in [2.05, 4.69) is 51.1 Å². The fraction of sp³-hybridized carbons (Fsp3) is 0.815. The van der Waals surface area contributed by atoms with Crippen LogP contribution in [0.25, 0.3) is 0 Å². The molecule has 8 N–H and O–H groups in total. The first-order valence-electron chi connectivity index (χ1n) is 27.3. The van der Waals surface area contributed by atoms with Gasteiger partial charge in [0.1, 0.15) is 48.4 Å². The number of carbonyl (C=O) groups is 10. The highest BCUT2D eigenvalue weighted by atomic mass is 16.5. The van der Waals surface area contributed by atoms with Crippen molar-refractivity contribution in [2.24, 2.45) is 35.5 Å². The summed E-state index contributed by atoms with van der Waals surface area (Å²) in [6.45, 7) is 22.2. The molecule has 7 amide bonds. The lowest BCUT2D eigenvalue weighted by molar-refractivity contribution is -0.155. The monoisotopic (exact) mass is 1050 g/mol. The number of unbranched alkanes of at least 4 members (excludes halogenated alkanes) is 5. The number of hydrogen-bond acceptors (Lipinski definition) is 12. The van der Waals surface area contributed by atoms with Crippen molar-refractivity contribution in [1.29, 1.82) is 0 Å². The molecule has 1 aliphatic rings. The van der Waals surface area contributed by atoms with Crippen molar-refractivity contribution in [3.8, 4) is 0 Å². The number of cyclic esters (lactones) is 1. The highest BCUT2D eigenvalue weighted by Gasteiger charge is 2.37. The van der Waals surface area contributed by atoms with Crippen LogP contribution < -0.4 is 37.2 Å². The SMILES string of the molecule is CCC(C)CCCCCCCC[C@@H]1CC(=O)N[C@@H](CCC(=O)OC)C(=O)N[C@@H](CC(C)C)C(=O)N[C@H](CC(C)C)C(=O)N[C@@H](C(C)C)C(=O)N[C@@H](CC(=O)O)C(=O)N[C@H](CC(C)C)C(=O)N[C@@H](CC(C)C)C(=O)O1. The summed E-state index contributed by atoms with van der Waals surface area (Å²) < 4.78 is 10.9. The summed E-state index contributed by atoms with van der Waals surface area (Å²) in [5.41, 5.74) is 0. The second kappa shape index (κ2) is 35.0. The molecule has 1 rings (SSSR count). The van der Waals surface area contributed by atoms with Crippen LogP contribution in [-0.4, -0.2) is 120 Å². The molecular weight excluding hydrogens is 955 g/mol. The van der Waals surface area contributed by atoms with Crippen LogP contribution in [-0.2, 0) is 57.4 Å². The van der Waals surface area contributed by atoms with Gasteiger partial charge in [-0.25, -0.2) is 4.79 Å². The first-order chi connectivity index (χ1) is 34.7. The molecule has 0 spiro atoms. The summed E-state index contributed by atoms with van der Waals surface area (Å²) in [4.78, 5) is 138. The maximum absolute atomic E-state index is 14.3. The minimum Gasteiger partial charge on any atom is -0.481 e. The van der Waals surface area contributed by atoms with E-state index in [0.29, 0.717) is 12.3 Å². The molecule has 1 saturated heterocycles. The standard InChI is InChI=1S/C54H95N7O13/c1-14-36(12)21-19-17-15-16-18-20-22-37-29-44(62)55-38(23-24-46(65)73-13)48(66)56-39(25-31(2)3)49(67)58-41(27-33(6)7)52(70)61-47(35(10)11)53(71)59-42(30-45(63)64)51(69)57-40(26-32(4)5)50(68)60-43(28-34(8)9)54(72)74-37/h31-43,47H,14-30H2,1-13H3,(H,55,62)(H,56,66)(H,57,69)(H,58,67)(H,59,71)(H,60,68)(H,61,70)(H,63,64)/t36?,37-,38+,39+,40-,41-,42+,43+,47+/m1/s1. The van der Waals surface area contributed by atoms with Crippen LogP contribution in [0.5, 0.6) is 0 Å². The summed E-state index contributed by atoms with van der Waals surface area (Å²) in [5.74, 6) is -9.28. The van der Waals surface area contributed by atoms with Gasteiger partial charge in [0.15, 0.2) is 0 Å². The minimum absolute atomic E-state index is 0.0472. The van der Waals surface area contributed by atoms with Crippen LogP contribution >= 0.6 is 0 Å². The number of carboxylic acids is 1. The Morgan fingerprint density at radius 1 is 0.541 bits per heavy atom. The summed E-state index contributed by atoms with van der Waals surface area (Å²) in [5, 5.41) is 28.5. The van der Waals surface area contributed by atoms with Crippen LogP contribution in [0.2, 0.25) is 0 Å². The second-order valence-electron chi connectivity index (χ2n) is 22.4. The molecule has 424 valence electrons. The third kappa shape index (κ3) is 27.3. The van der Waals surface area contributed by atoms with Gasteiger partial charge in [0.05, 0.1) is 20.0 Å². The first-order valence-corrected chi connectivity index (χ1v) is 27.3. The smallest absolute Gasteiger partial charge is 0.328 e. The number of aliphatic carboxylic acids is 1. The number of hydrogen-bond donors (Lipinski definition) is 8. The second-order valence-corrected chi connectivity index (χ2v) is 22.4. The topological polar surface area (TPSA) is 294 Å². The zero-order valence-electron chi connectivity index (χ0n) is 46.9. The molecule has 9 atom stereocenters. The number of rotatable bonds is 24. The van der Waals surface area contributed by atoms with Crippen molar-refractivity contribution in [2.45, 2.75) is 241 Å². The van der Waals surface area contributed by atoms with E-state index in [1.165, 1.54) is 7.11 Å². The van der Waals surface area contributed by atoms with Gasteiger partial charge in [-0.2, -0.15) is 0 Å². The summed E-state index contributed by atoms with van der Waals surface area (Å²) in [7, 11) is 1.18. The van der Waals surface area contributed by atoms with Crippen LogP contribution in [0.3, 0.4) is 0 Å². The van der Waals surface area contributed by atoms with Gasteiger partial charge in [-0.1, -0.05) is 128 Å². The molecule has 0 aromatic heterocycles. The Balaban J connectivity index is 3.99. The quantitative estimate of drug-likeness (QED) is 0.0460. The van der Waals surface area contributed by atoms with Crippen molar-refractivity contribution in [2.75, 3.05) is 7.11 Å². The van der Waals surface area contributed by atoms with Crippen LogP contribution in [0, 0.1) is 35.5 Å². The van der Waals surface area contributed by atoms with Crippen LogP contribution in [0.4, 0.5) is 0 Å². The van der Waals surface area contributed by atoms with E-state index in [1.54, 1.807) is 27.7 Å². The minimum atomic E-state index is -1.72. The van der Waals surface area contributed by atoms with Gasteiger partial charge >= 0.3 is 17.9 Å². The lowest BCUT2D eigenvalue weighted by atomic mass is 9.98. The molecule has 0 aliphatic carbocycles. The van der Waals surface area contributed by atoms with E-state index in [1.807, 2.05) is 41.5 Å². The Kier molecular flexibility index (Phi) is 31.6. The number of methoxy groups -OCH3 is 1. The van der Waals surface area contributed by atoms with Gasteiger partial charge in [-0.05, 0) is 80.5 Å². The van der Waals surface area contributed by atoms with Gasteiger partial charge < -0.3 is 51.8 Å². The maximum atomic E-state index is 14.3. The van der Waals surface area contributed by atoms with Crippen LogP contribution in [0.15, 0.2) is 0 Å². The summed E-state index contributed by atoms with van der Waals surface area (Å²) in [6.07, 6.45) is 5.58. The van der Waals surface area contributed by atoms with Crippen molar-refractivity contribution in [3.63, 3.8) is 0 Å². The number of esters is 2. The molecule has 74 heavy (non-hydrogen) atoms. The Morgan fingerprint density at radius 2 is 0.959 bits per heavy atom. The molecule has 0 radical (unpaired) electrons. The molecule has 20 nitrogen and oxygen atoms in total. The molecule has 1 heterocycles. The average Bonchev–Trinajstić information content (AvgIpc) is 3.29. The van der Waals surface area contributed by atoms with Gasteiger partial charge in [-0.3, -0.25) is 43.2 Å². The number of carbonyl (C=O) groups excluding carboxylic acids is 9. The molecule has 1 aliphatic heterocycles. The maximum Gasteiger partial charge on any atom is 0.328 e. The highest BCUT2D eigenvalue weighted by molar-refractivity contribution is 5.98. The first kappa shape index (κ1) is 66.7. The van der Waals surface area contributed by atoms with E-state index in [9.17, 15) is 53.1 Å². The Labute approximate surface area is 441 Å². The molecule has 0 bridgehead atoms. The molecule has 1 unspecified atom stereocenters. The third-order valence-electron chi connectivity index (χ3n) is 13.0. The Hall–Kier alpha value is -5.30. The predicted molar refractivity (Wildman–Crippen MR) is 281 cm³/mol. The zero-order chi connectivity index (χ0) is 56.2. The number of nitrogens with one attached hydrogen (secondary N) is 7. The average molecular weight is 1050 g/mol. The number of carboxylic acid groups (broad SMARTS) is 1. The van der Waals surface area contributed by atoms with Crippen LogP contribution in [0.1, 0.15) is 192 Å². The van der Waals surface area contributed by atoms with Gasteiger partial charge in [0, 0.05) is 6.42 Å². The molecule has 20 heteroatoms. The molecular formula is C54H95N7O13. The van der Waals surface area contributed by atoms with E-state index in [-0.39, 0.29) is 68.6 Å². The van der Waals surface area contributed by atoms with Gasteiger partial charge in [0.25, 0.3) is 0 Å². The van der Waals surface area contributed by atoms with E-state index < -0.39 is 126 Å². The van der Waals surface area contributed by atoms with E-state index >= 15 is 0 Å². The van der Waals surface area contributed by atoms with E-state index in [4.69, 9.17) is 9.47 Å². The summed E-state index contributed by atoms with van der Waals surface area (Å²) in [6, 6.07) is -9.48. The van der Waals surface area contributed by atoms with Crippen molar-refractivity contribution < 1.29 is 62.5 Å². The number of amides is 7. The fourth-order valence-corrected chi connectivity index (χ4v) is 8.64. The normalized spacial score (nSPS) is 24.2. The lowest BCUT2D eigenvalue weighted by Crippen LogP contribution is -2.61. The van der Waals surface area contributed by atoms with Crippen molar-refractivity contribution in [3.05, 3.63) is 0 Å². The highest BCUT2D eigenvalue weighted by Crippen LogP contribution is 2.19. The molecule has 1 fully saturated rings.